The molecule has 1 heterocycles. The minimum absolute atomic E-state index is 0.0172. The lowest BCUT2D eigenvalue weighted by Gasteiger charge is -1.95. The number of allylic oxidation sites excluding steroid dienone is 1. The van der Waals surface area contributed by atoms with Crippen molar-refractivity contribution in [3.8, 4) is 0 Å². The molecule has 5 heteroatoms. The molecule has 1 aliphatic rings. The molecule has 0 unspecified atom stereocenters. The third-order valence-corrected chi connectivity index (χ3v) is 2.09. The van der Waals surface area contributed by atoms with Crippen LogP contribution in [0.1, 0.15) is 26.2 Å². The van der Waals surface area contributed by atoms with Crippen molar-refractivity contribution in [2.75, 3.05) is 0 Å². The third kappa shape index (κ3) is 2.79. The average molecular weight is 224 g/mol. The second-order valence-corrected chi connectivity index (χ2v) is 3.27. The van der Waals surface area contributed by atoms with Crippen LogP contribution in [0.4, 0.5) is 0 Å². The van der Waals surface area contributed by atoms with Gasteiger partial charge in [-0.1, -0.05) is 19.1 Å². The molecule has 0 atom stereocenters. The zero-order valence-corrected chi connectivity index (χ0v) is 8.86. The molecule has 0 spiro atoms. The van der Waals surface area contributed by atoms with Crippen molar-refractivity contribution in [1.82, 2.24) is 0 Å². The van der Waals surface area contributed by atoms with Gasteiger partial charge in [0.2, 0.25) is 0 Å². The lowest BCUT2D eigenvalue weighted by molar-refractivity contribution is -0.151. The van der Waals surface area contributed by atoms with E-state index < -0.39 is 17.9 Å². The van der Waals surface area contributed by atoms with Crippen LogP contribution in [0.3, 0.4) is 0 Å². The summed E-state index contributed by atoms with van der Waals surface area (Å²) in [5.41, 5.74) is 0.324. The molecule has 0 saturated heterocycles. The molecule has 0 aromatic heterocycles. The summed E-state index contributed by atoms with van der Waals surface area (Å²) in [4.78, 5) is 32.9. The Bertz CT molecular complexity index is 389. The number of hydrogen-bond donors (Lipinski definition) is 1. The maximum atomic E-state index is 11.2. The van der Waals surface area contributed by atoms with E-state index in [1.807, 2.05) is 6.92 Å². The molecule has 0 bridgehead atoms. The van der Waals surface area contributed by atoms with Gasteiger partial charge in [-0.3, -0.25) is 4.79 Å². The van der Waals surface area contributed by atoms with Crippen molar-refractivity contribution in [3.63, 3.8) is 0 Å². The lowest BCUT2D eigenvalue weighted by atomic mass is 10.0. The Morgan fingerprint density at radius 1 is 1.38 bits per heavy atom. The summed E-state index contributed by atoms with van der Waals surface area (Å²) in [5.74, 6) is -2.45. The van der Waals surface area contributed by atoms with Gasteiger partial charge in [0.15, 0.2) is 0 Å². The fourth-order valence-electron chi connectivity index (χ4n) is 1.31. The Morgan fingerprint density at radius 2 is 2.06 bits per heavy atom. The highest BCUT2D eigenvalue weighted by Gasteiger charge is 2.31. The maximum Gasteiger partial charge on any atom is 0.346 e. The van der Waals surface area contributed by atoms with E-state index in [1.54, 1.807) is 6.08 Å². The first-order valence-corrected chi connectivity index (χ1v) is 4.94. The monoisotopic (exact) mass is 224 g/mol. The number of esters is 2. The van der Waals surface area contributed by atoms with Gasteiger partial charge in [0, 0.05) is 6.42 Å². The highest BCUT2D eigenvalue weighted by Crippen LogP contribution is 2.22. The topological polar surface area (TPSA) is 80.7 Å². The molecule has 1 rings (SSSR count). The molecule has 0 amide bonds. The second-order valence-electron chi connectivity index (χ2n) is 3.27. The van der Waals surface area contributed by atoms with Crippen molar-refractivity contribution in [3.05, 3.63) is 23.3 Å². The Balaban J connectivity index is 2.90. The van der Waals surface area contributed by atoms with E-state index in [2.05, 4.69) is 4.74 Å². The first kappa shape index (κ1) is 12.2. The molecule has 1 aliphatic heterocycles. The maximum absolute atomic E-state index is 11.2. The van der Waals surface area contributed by atoms with Gasteiger partial charge in [-0.05, 0) is 12.8 Å². The van der Waals surface area contributed by atoms with Crippen LogP contribution in [-0.4, -0.2) is 23.0 Å². The summed E-state index contributed by atoms with van der Waals surface area (Å²) in [6.45, 7) is 1.89. The Labute approximate surface area is 92.4 Å². The predicted molar refractivity (Wildman–Crippen MR) is 54.4 cm³/mol. The minimum Gasteiger partial charge on any atom is -0.481 e. The summed E-state index contributed by atoms with van der Waals surface area (Å²) < 4.78 is 4.42. The van der Waals surface area contributed by atoms with Gasteiger partial charge in [-0.15, -0.1) is 0 Å². The van der Waals surface area contributed by atoms with Crippen molar-refractivity contribution in [2.24, 2.45) is 0 Å². The van der Waals surface area contributed by atoms with Crippen LogP contribution in [0.15, 0.2) is 23.3 Å². The Morgan fingerprint density at radius 3 is 2.62 bits per heavy atom. The van der Waals surface area contributed by atoms with E-state index >= 15 is 0 Å². The van der Waals surface area contributed by atoms with Crippen molar-refractivity contribution >= 4 is 17.9 Å². The molecule has 86 valence electrons. The van der Waals surface area contributed by atoms with E-state index in [0.717, 1.165) is 6.42 Å². The molecule has 0 fully saturated rings. The number of carbonyl (C=O) groups excluding carboxylic acids is 2. The van der Waals surface area contributed by atoms with Crippen molar-refractivity contribution in [1.29, 1.82) is 0 Å². The van der Waals surface area contributed by atoms with E-state index in [-0.39, 0.29) is 24.0 Å². The van der Waals surface area contributed by atoms with Gasteiger partial charge in [0.05, 0.1) is 11.1 Å². The van der Waals surface area contributed by atoms with Crippen LogP contribution in [0, 0.1) is 0 Å². The zero-order chi connectivity index (χ0) is 12.1. The van der Waals surface area contributed by atoms with Crippen LogP contribution < -0.4 is 0 Å². The smallest absolute Gasteiger partial charge is 0.346 e. The second kappa shape index (κ2) is 5.25. The molecule has 1 N–H and O–H groups in total. The summed E-state index contributed by atoms with van der Waals surface area (Å²) >= 11 is 0. The Kier molecular flexibility index (Phi) is 3.99. The first-order chi connectivity index (χ1) is 7.56. The van der Waals surface area contributed by atoms with Gasteiger partial charge >= 0.3 is 17.9 Å². The fourth-order valence-corrected chi connectivity index (χ4v) is 1.31. The third-order valence-electron chi connectivity index (χ3n) is 2.09. The summed E-state index contributed by atoms with van der Waals surface area (Å²) in [6, 6.07) is 0. The van der Waals surface area contributed by atoms with Crippen LogP contribution in [0.2, 0.25) is 0 Å². The highest BCUT2D eigenvalue weighted by molar-refractivity contribution is 6.14. The van der Waals surface area contributed by atoms with Gasteiger partial charge in [-0.2, -0.15) is 0 Å². The number of aliphatic carboxylic acids is 1. The molecule has 0 aromatic rings. The molecular formula is C11H12O5. The van der Waals surface area contributed by atoms with Crippen LogP contribution in [0.5, 0.6) is 0 Å². The number of hydrogen-bond acceptors (Lipinski definition) is 4. The lowest BCUT2D eigenvalue weighted by Crippen LogP contribution is -2.03. The molecule has 0 aliphatic carbocycles. The Hall–Kier alpha value is -1.91. The highest BCUT2D eigenvalue weighted by atomic mass is 16.6. The van der Waals surface area contributed by atoms with Crippen LogP contribution in [0.25, 0.3) is 0 Å². The largest absolute Gasteiger partial charge is 0.481 e. The van der Waals surface area contributed by atoms with Crippen LogP contribution >= 0.6 is 0 Å². The minimum atomic E-state index is -1.02. The molecular weight excluding hydrogens is 212 g/mol. The van der Waals surface area contributed by atoms with Gasteiger partial charge < -0.3 is 9.84 Å². The number of ether oxygens (including phenoxy) is 1. The molecule has 0 radical (unpaired) electrons. The number of rotatable bonds is 5. The van der Waals surface area contributed by atoms with Crippen LogP contribution in [-0.2, 0) is 19.1 Å². The number of cyclic esters (lactones) is 2. The number of carbonyl (C=O) groups is 3. The van der Waals surface area contributed by atoms with Gasteiger partial charge in [-0.25, -0.2) is 9.59 Å². The number of carboxylic acids is 1. The zero-order valence-electron chi connectivity index (χ0n) is 8.86. The summed E-state index contributed by atoms with van der Waals surface area (Å²) in [6.07, 6.45) is 3.77. The molecule has 5 nitrogen and oxygen atoms in total. The van der Waals surface area contributed by atoms with E-state index in [4.69, 9.17) is 5.11 Å². The molecule has 0 saturated carbocycles. The SMILES string of the molecule is CCC=CC1=C(CCC(=O)O)C(=O)OC1=O. The van der Waals surface area contributed by atoms with Gasteiger partial charge in [0.25, 0.3) is 0 Å². The first-order valence-electron chi connectivity index (χ1n) is 4.94. The van der Waals surface area contributed by atoms with E-state index in [1.165, 1.54) is 6.08 Å². The van der Waals surface area contributed by atoms with Gasteiger partial charge in [0.1, 0.15) is 0 Å². The van der Waals surface area contributed by atoms with E-state index in [9.17, 15) is 14.4 Å². The van der Waals surface area contributed by atoms with Crippen molar-refractivity contribution in [2.45, 2.75) is 26.2 Å². The average Bonchev–Trinajstić information content (AvgIpc) is 2.47. The normalized spacial score (nSPS) is 16.1. The quantitative estimate of drug-likeness (QED) is 0.560. The summed E-state index contributed by atoms with van der Waals surface area (Å²) in [7, 11) is 0. The number of carboxylic acid groups (broad SMARTS) is 1. The van der Waals surface area contributed by atoms with Crippen molar-refractivity contribution < 1.29 is 24.2 Å². The summed E-state index contributed by atoms with van der Waals surface area (Å²) in [5, 5.41) is 8.51. The molecule has 16 heavy (non-hydrogen) atoms. The predicted octanol–water partition coefficient (Wildman–Crippen LogP) is 1.20. The fraction of sp³-hybridized carbons (Fsp3) is 0.364. The molecule has 0 aromatic carbocycles. The standard InChI is InChI=1S/C11H12O5/c1-2-3-4-7-8(5-6-9(12)13)11(15)16-10(7)14/h3-4H,2,5-6H2,1H3,(H,12,13). The van der Waals surface area contributed by atoms with E-state index in [0.29, 0.717) is 0 Å².